The van der Waals surface area contributed by atoms with Crippen LogP contribution in [0.25, 0.3) is 0 Å². The van der Waals surface area contributed by atoms with E-state index in [0.29, 0.717) is 5.02 Å². The number of hydrogen-bond acceptors (Lipinski definition) is 3. The molecule has 0 aliphatic heterocycles. The van der Waals surface area contributed by atoms with Crippen LogP contribution in [0.15, 0.2) is 18.2 Å². The predicted molar refractivity (Wildman–Crippen MR) is 80.8 cm³/mol. The summed E-state index contributed by atoms with van der Waals surface area (Å²) in [5.74, 6) is -0.898. The predicted octanol–water partition coefficient (Wildman–Crippen LogP) is 4.01. The number of nitrogens with one attached hydrogen (secondary N) is 1. The van der Waals surface area contributed by atoms with Crippen LogP contribution in [0.2, 0.25) is 5.02 Å². The molecule has 5 heteroatoms. The highest BCUT2D eigenvalue weighted by Gasteiger charge is 2.28. The zero-order chi connectivity index (χ0) is 15.2. The van der Waals surface area contributed by atoms with Crippen LogP contribution >= 0.6 is 11.6 Å². The lowest BCUT2D eigenvalue weighted by atomic mass is 9.94. The zero-order valence-corrected chi connectivity index (χ0v) is 13.0. The second-order valence-corrected chi connectivity index (χ2v) is 5.79. The monoisotopic (exact) mass is 313 g/mol. The molecule has 1 aromatic rings. The fourth-order valence-corrected chi connectivity index (χ4v) is 2.93. The van der Waals surface area contributed by atoms with E-state index in [-0.39, 0.29) is 18.2 Å². The largest absolute Gasteiger partial charge is 0.465 e. The van der Waals surface area contributed by atoms with Crippen molar-refractivity contribution in [1.82, 2.24) is 5.32 Å². The molecule has 3 nitrogen and oxygen atoms in total. The molecule has 2 rings (SSSR count). The molecular weight excluding hydrogens is 293 g/mol. The number of hydrogen-bond donors (Lipinski definition) is 1. The average Bonchev–Trinajstić information content (AvgIpc) is 2.49. The Balaban J connectivity index is 2.22. The van der Waals surface area contributed by atoms with E-state index in [1.807, 2.05) is 0 Å². The molecule has 0 saturated heterocycles. The third-order valence-corrected chi connectivity index (χ3v) is 4.03. The van der Waals surface area contributed by atoms with Gasteiger partial charge in [0.05, 0.1) is 6.61 Å². The van der Waals surface area contributed by atoms with E-state index in [2.05, 4.69) is 5.32 Å². The Morgan fingerprint density at radius 3 is 2.81 bits per heavy atom. The van der Waals surface area contributed by atoms with Gasteiger partial charge in [0.1, 0.15) is 11.9 Å². The molecule has 0 radical (unpaired) electrons. The van der Waals surface area contributed by atoms with E-state index in [0.717, 1.165) is 25.7 Å². The van der Waals surface area contributed by atoms with Crippen LogP contribution in [0.1, 0.15) is 50.6 Å². The summed E-state index contributed by atoms with van der Waals surface area (Å²) in [7, 11) is 0. The van der Waals surface area contributed by atoms with Gasteiger partial charge < -0.3 is 4.74 Å². The summed E-state index contributed by atoms with van der Waals surface area (Å²) < 4.78 is 19.2. The Morgan fingerprint density at radius 2 is 2.14 bits per heavy atom. The summed E-state index contributed by atoms with van der Waals surface area (Å²) in [5.41, 5.74) is 0.256. The summed E-state index contributed by atoms with van der Waals surface area (Å²) >= 11 is 5.94. The maximum absolute atomic E-state index is 14.1. The highest BCUT2D eigenvalue weighted by atomic mass is 35.5. The minimum atomic E-state index is -0.799. The van der Waals surface area contributed by atoms with Crippen molar-refractivity contribution in [1.29, 1.82) is 0 Å². The van der Waals surface area contributed by atoms with Crippen LogP contribution in [0.4, 0.5) is 4.39 Å². The van der Waals surface area contributed by atoms with Crippen molar-refractivity contribution in [3.63, 3.8) is 0 Å². The van der Waals surface area contributed by atoms with Crippen molar-refractivity contribution in [2.45, 2.75) is 51.1 Å². The number of esters is 1. The SMILES string of the molecule is CCOC(=O)C(NC1CCCCC1)c1cc(Cl)ccc1F. The van der Waals surface area contributed by atoms with Gasteiger partial charge >= 0.3 is 5.97 Å². The fourth-order valence-electron chi connectivity index (χ4n) is 2.75. The summed E-state index contributed by atoms with van der Waals surface area (Å²) in [4.78, 5) is 12.2. The summed E-state index contributed by atoms with van der Waals surface area (Å²) in [6.45, 7) is 2.01. The maximum atomic E-state index is 14.1. The smallest absolute Gasteiger partial charge is 0.327 e. The van der Waals surface area contributed by atoms with Gasteiger partial charge in [-0.2, -0.15) is 0 Å². The first kappa shape index (κ1) is 16.2. The van der Waals surface area contributed by atoms with E-state index < -0.39 is 17.8 Å². The Morgan fingerprint density at radius 1 is 1.43 bits per heavy atom. The number of carbonyl (C=O) groups is 1. The average molecular weight is 314 g/mol. The third kappa shape index (κ3) is 4.42. The number of ether oxygens (including phenoxy) is 1. The quantitative estimate of drug-likeness (QED) is 0.835. The van der Waals surface area contributed by atoms with Crippen LogP contribution in [0, 0.1) is 5.82 Å². The minimum absolute atomic E-state index is 0.214. The second kappa shape index (κ2) is 7.76. The van der Waals surface area contributed by atoms with Gasteiger partial charge in [-0.15, -0.1) is 0 Å². The number of rotatable bonds is 5. The number of benzene rings is 1. The van der Waals surface area contributed by atoms with Crippen molar-refractivity contribution in [2.24, 2.45) is 0 Å². The van der Waals surface area contributed by atoms with Crippen molar-refractivity contribution < 1.29 is 13.9 Å². The van der Waals surface area contributed by atoms with Crippen LogP contribution in [-0.2, 0) is 9.53 Å². The van der Waals surface area contributed by atoms with Crippen molar-refractivity contribution in [2.75, 3.05) is 6.61 Å². The molecular formula is C16H21ClFNO2. The molecule has 1 N–H and O–H groups in total. The Bertz CT molecular complexity index is 489. The summed E-state index contributed by atoms with van der Waals surface area (Å²) in [6, 6.07) is 3.67. The summed E-state index contributed by atoms with van der Waals surface area (Å²) in [5, 5.41) is 3.66. The van der Waals surface area contributed by atoms with E-state index in [1.165, 1.54) is 24.6 Å². The Kier molecular flexibility index (Phi) is 6.00. The molecule has 1 saturated carbocycles. The number of halogens is 2. The highest BCUT2D eigenvalue weighted by Crippen LogP contribution is 2.26. The molecule has 1 atom stereocenters. The van der Waals surface area contributed by atoms with Crippen molar-refractivity contribution in [3.05, 3.63) is 34.6 Å². The van der Waals surface area contributed by atoms with Gasteiger partial charge in [-0.1, -0.05) is 30.9 Å². The fraction of sp³-hybridized carbons (Fsp3) is 0.562. The van der Waals surface area contributed by atoms with Gasteiger partial charge in [-0.3, -0.25) is 5.32 Å². The lowest BCUT2D eigenvalue weighted by Crippen LogP contribution is -2.39. The Labute approximate surface area is 129 Å². The van der Waals surface area contributed by atoms with Crippen LogP contribution in [-0.4, -0.2) is 18.6 Å². The van der Waals surface area contributed by atoms with Gasteiger partial charge in [-0.05, 0) is 38.0 Å². The first-order valence-corrected chi connectivity index (χ1v) is 7.87. The standard InChI is InChI=1S/C16H21ClFNO2/c1-2-21-16(20)15(19-12-6-4-3-5-7-12)13-10-11(17)8-9-14(13)18/h8-10,12,15,19H,2-7H2,1H3. The maximum Gasteiger partial charge on any atom is 0.327 e. The van der Waals surface area contributed by atoms with Crippen molar-refractivity contribution in [3.8, 4) is 0 Å². The molecule has 1 aromatic carbocycles. The lowest BCUT2D eigenvalue weighted by molar-refractivity contribution is -0.146. The lowest BCUT2D eigenvalue weighted by Gasteiger charge is -2.28. The Hall–Kier alpha value is -1.13. The molecule has 21 heavy (non-hydrogen) atoms. The van der Waals surface area contributed by atoms with Gasteiger partial charge in [0.15, 0.2) is 0 Å². The van der Waals surface area contributed by atoms with E-state index in [1.54, 1.807) is 6.92 Å². The molecule has 1 fully saturated rings. The molecule has 0 spiro atoms. The van der Waals surface area contributed by atoms with Crippen LogP contribution in [0.5, 0.6) is 0 Å². The normalized spacial score (nSPS) is 17.5. The molecule has 1 aliphatic carbocycles. The first-order valence-electron chi connectivity index (χ1n) is 7.49. The molecule has 1 unspecified atom stereocenters. The van der Waals surface area contributed by atoms with Gasteiger partial charge in [0.25, 0.3) is 0 Å². The van der Waals surface area contributed by atoms with Gasteiger partial charge in [-0.25, -0.2) is 9.18 Å². The van der Waals surface area contributed by atoms with E-state index in [4.69, 9.17) is 16.3 Å². The van der Waals surface area contributed by atoms with Crippen LogP contribution < -0.4 is 5.32 Å². The molecule has 0 amide bonds. The number of carbonyl (C=O) groups excluding carboxylic acids is 1. The molecule has 0 aromatic heterocycles. The van der Waals surface area contributed by atoms with Gasteiger partial charge in [0.2, 0.25) is 0 Å². The van der Waals surface area contributed by atoms with Crippen LogP contribution in [0.3, 0.4) is 0 Å². The minimum Gasteiger partial charge on any atom is -0.465 e. The third-order valence-electron chi connectivity index (χ3n) is 3.80. The molecule has 0 heterocycles. The molecule has 116 valence electrons. The van der Waals surface area contributed by atoms with Gasteiger partial charge in [0, 0.05) is 16.6 Å². The second-order valence-electron chi connectivity index (χ2n) is 5.35. The molecule has 1 aliphatic rings. The van der Waals surface area contributed by atoms with E-state index >= 15 is 0 Å². The first-order chi connectivity index (χ1) is 10.1. The summed E-state index contributed by atoms with van der Waals surface area (Å²) in [6.07, 6.45) is 5.47. The highest BCUT2D eigenvalue weighted by molar-refractivity contribution is 6.30. The van der Waals surface area contributed by atoms with E-state index in [9.17, 15) is 9.18 Å². The van der Waals surface area contributed by atoms with Crippen molar-refractivity contribution >= 4 is 17.6 Å². The topological polar surface area (TPSA) is 38.3 Å². The molecule has 0 bridgehead atoms. The zero-order valence-electron chi connectivity index (χ0n) is 12.2.